The standard InChI is InChI=1S/C18H24FN7O2/c1-23-15(3-4-21-23)17(27)25-5-2-6-26(8-7-25)18-20-13-14(19)16(22-18)24-9-11-28-12-10-24/h3-4,13H,2,5-12H2,1H3. The molecule has 4 heterocycles. The van der Waals surface area contributed by atoms with Crippen molar-refractivity contribution in [2.24, 2.45) is 7.05 Å². The zero-order chi connectivity index (χ0) is 19.5. The van der Waals surface area contributed by atoms with Crippen LogP contribution in [0.4, 0.5) is 16.2 Å². The molecule has 0 aliphatic carbocycles. The second-order valence-electron chi connectivity index (χ2n) is 6.91. The Kier molecular flexibility index (Phi) is 5.38. The number of aromatic nitrogens is 4. The molecule has 28 heavy (non-hydrogen) atoms. The monoisotopic (exact) mass is 389 g/mol. The Hall–Kier alpha value is -2.75. The van der Waals surface area contributed by atoms with Gasteiger partial charge in [0.05, 0.1) is 19.4 Å². The molecule has 0 aromatic carbocycles. The molecule has 0 unspecified atom stereocenters. The average molecular weight is 389 g/mol. The number of carbonyl (C=O) groups is 1. The summed E-state index contributed by atoms with van der Waals surface area (Å²) in [6.45, 7) is 4.86. The molecule has 0 N–H and O–H groups in total. The largest absolute Gasteiger partial charge is 0.378 e. The lowest BCUT2D eigenvalue weighted by Crippen LogP contribution is -2.38. The topological polar surface area (TPSA) is 79.6 Å². The van der Waals surface area contributed by atoms with Gasteiger partial charge in [0.2, 0.25) is 5.95 Å². The van der Waals surface area contributed by atoms with Gasteiger partial charge in [-0.2, -0.15) is 10.1 Å². The Balaban J connectivity index is 1.47. The van der Waals surface area contributed by atoms with E-state index in [0.717, 1.165) is 6.42 Å². The molecule has 0 radical (unpaired) electrons. The van der Waals surface area contributed by atoms with Crippen LogP contribution in [-0.4, -0.2) is 83.0 Å². The average Bonchev–Trinajstić information content (AvgIpc) is 3.00. The van der Waals surface area contributed by atoms with Gasteiger partial charge in [0.15, 0.2) is 11.6 Å². The smallest absolute Gasteiger partial charge is 0.272 e. The second kappa shape index (κ2) is 8.09. The summed E-state index contributed by atoms with van der Waals surface area (Å²) in [5.74, 6) is 0.363. The van der Waals surface area contributed by atoms with Crippen molar-refractivity contribution in [2.75, 3.05) is 62.3 Å². The van der Waals surface area contributed by atoms with Gasteiger partial charge in [0.25, 0.3) is 5.91 Å². The third-order valence-corrected chi connectivity index (χ3v) is 5.13. The number of anilines is 2. The highest BCUT2D eigenvalue weighted by atomic mass is 19.1. The van der Waals surface area contributed by atoms with Gasteiger partial charge < -0.3 is 19.4 Å². The Bertz CT molecular complexity index is 837. The lowest BCUT2D eigenvalue weighted by molar-refractivity contribution is 0.0756. The first-order chi connectivity index (χ1) is 13.6. The van der Waals surface area contributed by atoms with Gasteiger partial charge in [-0.25, -0.2) is 9.37 Å². The number of rotatable bonds is 3. The van der Waals surface area contributed by atoms with E-state index in [1.807, 2.05) is 14.7 Å². The van der Waals surface area contributed by atoms with Gasteiger partial charge in [-0.1, -0.05) is 0 Å². The predicted molar refractivity (Wildman–Crippen MR) is 101 cm³/mol. The molecule has 0 bridgehead atoms. The summed E-state index contributed by atoms with van der Waals surface area (Å²) in [5, 5.41) is 4.07. The van der Waals surface area contributed by atoms with Crippen molar-refractivity contribution in [1.82, 2.24) is 24.6 Å². The van der Waals surface area contributed by atoms with Crippen LogP contribution in [0.1, 0.15) is 16.9 Å². The van der Waals surface area contributed by atoms with Crippen molar-refractivity contribution in [3.05, 3.63) is 30.0 Å². The van der Waals surface area contributed by atoms with Crippen LogP contribution in [0.2, 0.25) is 0 Å². The highest BCUT2D eigenvalue weighted by molar-refractivity contribution is 5.92. The first-order valence-electron chi connectivity index (χ1n) is 9.51. The molecule has 2 aliphatic heterocycles. The molecule has 2 aliphatic rings. The molecule has 9 nitrogen and oxygen atoms in total. The van der Waals surface area contributed by atoms with E-state index in [9.17, 15) is 9.18 Å². The number of halogens is 1. The van der Waals surface area contributed by atoms with Gasteiger partial charge >= 0.3 is 0 Å². The molecule has 0 atom stereocenters. The minimum atomic E-state index is -0.423. The van der Waals surface area contributed by atoms with Crippen molar-refractivity contribution in [3.63, 3.8) is 0 Å². The number of morpholine rings is 1. The molecule has 2 fully saturated rings. The van der Waals surface area contributed by atoms with E-state index in [1.165, 1.54) is 6.20 Å². The number of carbonyl (C=O) groups excluding carboxylic acids is 1. The Morgan fingerprint density at radius 1 is 1.11 bits per heavy atom. The maximum absolute atomic E-state index is 14.3. The first-order valence-corrected chi connectivity index (χ1v) is 9.51. The molecular formula is C18H24FN7O2. The maximum Gasteiger partial charge on any atom is 0.272 e. The van der Waals surface area contributed by atoms with Crippen molar-refractivity contribution in [2.45, 2.75) is 6.42 Å². The SMILES string of the molecule is Cn1nccc1C(=O)N1CCCN(c2ncc(F)c(N3CCOCC3)n2)CC1. The van der Waals surface area contributed by atoms with Gasteiger partial charge in [-0.3, -0.25) is 9.48 Å². The molecule has 2 aromatic rings. The molecule has 1 amide bonds. The number of amides is 1. The lowest BCUT2D eigenvalue weighted by Gasteiger charge is -2.29. The summed E-state index contributed by atoms with van der Waals surface area (Å²) in [4.78, 5) is 27.1. The summed E-state index contributed by atoms with van der Waals surface area (Å²) >= 11 is 0. The highest BCUT2D eigenvalue weighted by Crippen LogP contribution is 2.21. The zero-order valence-corrected chi connectivity index (χ0v) is 15.9. The van der Waals surface area contributed by atoms with Crippen molar-refractivity contribution in [1.29, 1.82) is 0 Å². The number of ether oxygens (including phenoxy) is 1. The van der Waals surface area contributed by atoms with Gasteiger partial charge in [-0.15, -0.1) is 0 Å². The van der Waals surface area contributed by atoms with E-state index in [1.54, 1.807) is 24.0 Å². The lowest BCUT2D eigenvalue weighted by atomic mass is 10.3. The van der Waals surface area contributed by atoms with Gasteiger partial charge in [-0.05, 0) is 12.5 Å². The molecule has 4 rings (SSSR count). The maximum atomic E-state index is 14.3. The summed E-state index contributed by atoms with van der Waals surface area (Å²) in [6.07, 6.45) is 3.64. The Labute approximate surface area is 162 Å². The third-order valence-electron chi connectivity index (χ3n) is 5.13. The molecule has 2 aromatic heterocycles. The van der Waals surface area contributed by atoms with E-state index in [4.69, 9.17) is 4.74 Å². The van der Waals surface area contributed by atoms with Crippen LogP contribution >= 0.6 is 0 Å². The van der Waals surface area contributed by atoms with Gasteiger partial charge in [0, 0.05) is 52.5 Å². The fraction of sp³-hybridized carbons (Fsp3) is 0.556. The van der Waals surface area contributed by atoms with Crippen molar-refractivity contribution >= 4 is 17.7 Å². The van der Waals surface area contributed by atoms with Crippen LogP contribution in [-0.2, 0) is 11.8 Å². The van der Waals surface area contributed by atoms with Crippen LogP contribution < -0.4 is 9.80 Å². The van der Waals surface area contributed by atoms with Crippen LogP contribution in [0.3, 0.4) is 0 Å². The van der Waals surface area contributed by atoms with Crippen LogP contribution in [0.5, 0.6) is 0 Å². The van der Waals surface area contributed by atoms with Crippen molar-refractivity contribution in [3.8, 4) is 0 Å². The van der Waals surface area contributed by atoms with Gasteiger partial charge in [0.1, 0.15) is 5.69 Å². The highest BCUT2D eigenvalue weighted by Gasteiger charge is 2.25. The molecule has 150 valence electrons. The van der Waals surface area contributed by atoms with Crippen LogP contribution in [0.15, 0.2) is 18.5 Å². The summed E-state index contributed by atoms with van der Waals surface area (Å²) in [6, 6.07) is 1.72. The molecule has 0 saturated carbocycles. The summed E-state index contributed by atoms with van der Waals surface area (Å²) < 4.78 is 21.2. The normalized spacial score (nSPS) is 18.3. The summed E-state index contributed by atoms with van der Waals surface area (Å²) in [7, 11) is 1.76. The number of aryl methyl sites for hydroxylation is 1. The van der Waals surface area contributed by atoms with E-state index in [2.05, 4.69) is 15.1 Å². The summed E-state index contributed by atoms with van der Waals surface area (Å²) in [5.41, 5.74) is 0.570. The number of nitrogens with zero attached hydrogens (tertiary/aromatic N) is 7. The van der Waals surface area contributed by atoms with Crippen LogP contribution in [0.25, 0.3) is 0 Å². The molecule has 0 spiro atoms. The first kappa shape index (κ1) is 18.6. The fourth-order valence-corrected chi connectivity index (χ4v) is 3.56. The minimum Gasteiger partial charge on any atom is -0.378 e. The van der Waals surface area contributed by atoms with E-state index in [0.29, 0.717) is 69.9 Å². The molecular weight excluding hydrogens is 365 g/mol. The number of hydrogen-bond acceptors (Lipinski definition) is 7. The quantitative estimate of drug-likeness (QED) is 0.758. The number of hydrogen-bond donors (Lipinski definition) is 0. The fourth-order valence-electron chi connectivity index (χ4n) is 3.56. The predicted octanol–water partition coefficient (Wildman–Crippen LogP) is 0.538. The van der Waals surface area contributed by atoms with E-state index < -0.39 is 5.82 Å². The third kappa shape index (κ3) is 3.77. The Morgan fingerprint density at radius 2 is 1.93 bits per heavy atom. The zero-order valence-electron chi connectivity index (χ0n) is 15.9. The molecule has 10 heteroatoms. The van der Waals surface area contributed by atoms with Crippen molar-refractivity contribution < 1.29 is 13.9 Å². The second-order valence-corrected chi connectivity index (χ2v) is 6.91. The van der Waals surface area contributed by atoms with E-state index in [-0.39, 0.29) is 5.91 Å². The molecule has 2 saturated heterocycles. The van der Waals surface area contributed by atoms with Crippen LogP contribution in [0, 0.1) is 5.82 Å². The Morgan fingerprint density at radius 3 is 2.68 bits per heavy atom. The minimum absolute atomic E-state index is 0.0316. The van der Waals surface area contributed by atoms with E-state index >= 15 is 0 Å².